The molecule has 0 saturated carbocycles. The molecule has 2 aromatic heterocycles. The lowest BCUT2D eigenvalue weighted by Crippen LogP contribution is -2.44. The van der Waals surface area contributed by atoms with Crippen LogP contribution in [0.25, 0.3) is 11.2 Å². The molecule has 3 heterocycles. The molecule has 0 aliphatic carbocycles. The van der Waals surface area contributed by atoms with Gasteiger partial charge in [0.1, 0.15) is 6.61 Å². The zero-order valence-electron chi connectivity index (χ0n) is 21.4. The predicted octanol–water partition coefficient (Wildman–Crippen LogP) is 0.148. The number of hydrogen-bond donors (Lipinski definition) is 1. The van der Waals surface area contributed by atoms with Crippen LogP contribution in [-0.2, 0) is 25.4 Å². The van der Waals surface area contributed by atoms with Gasteiger partial charge in [0, 0.05) is 40.3 Å². The van der Waals surface area contributed by atoms with Crippen LogP contribution >= 0.6 is 12.4 Å². The predicted molar refractivity (Wildman–Crippen MR) is 139 cm³/mol. The van der Waals surface area contributed by atoms with E-state index in [1.54, 1.807) is 11.6 Å². The van der Waals surface area contributed by atoms with E-state index in [-0.39, 0.29) is 42.3 Å². The number of fused-ring (bicyclic) bond motifs is 1. The van der Waals surface area contributed by atoms with Gasteiger partial charge < -0.3 is 33.7 Å². The molecule has 4 rings (SSSR count). The molecule has 1 N–H and O–H groups in total. The number of imidazole rings is 1. The third-order valence-electron chi connectivity index (χ3n) is 6.18. The molecule has 1 aromatic carbocycles. The number of esters is 1. The first-order valence-electron chi connectivity index (χ1n) is 11.4. The number of anilines is 1. The number of methoxy groups -OCH3 is 3. The number of nitrogens with zero attached hydrogens (tertiary/aromatic N) is 5. The second-order valence-electron chi connectivity index (χ2n) is 8.23. The van der Waals surface area contributed by atoms with Gasteiger partial charge in [-0.25, -0.2) is 9.59 Å². The first kappa shape index (κ1) is 27.9. The number of ether oxygens (including phenoxy) is 4. The zero-order valence-corrected chi connectivity index (χ0v) is 22.2. The molecule has 1 saturated heterocycles. The van der Waals surface area contributed by atoms with Gasteiger partial charge in [0.2, 0.25) is 11.7 Å². The fourth-order valence-electron chi connectivity index (χ4n) is 4.26. The maximum absolute atomic E-state index is 13.0. The first-order chi connectivity index (χ1) is 17.3. The topological polar surface area (TPSA) is 131 Å². The van der Waals surface area contributed by atoms with Gasteiger partial charge in [0.25, 0.3) is 5.56 Å². The molecule has 0 amide bonds. The lowest BCUT2D eigenvalue weighted by atomic mass is 10.2. The largest absolute Gasteiger partial charge is 0.493 e. The quantitative estimate of drug-likeness (QED) is 0.395. The number of rotatable bonds is 8. The third kappa shape index (κ3) is 5.09. The molecule has 0 unspecified atom stereocenters. The Kier molecular flexibility index (Phi) is 8.71. The van der Waals surface area contributed by atoms with Crippen molar-refractivity contribution >= 4 is 35.5 Å². The summed E-state index contributed by atoms with van der Waals surface area (Å²) in [6.45, 7) is 3.02. The highest BCUT2D eigenvalue weighted by atomic mass is 35.5. The summed E-state index contributed by atoms with van der Waals surface area (Å²) in [5.41, 5.74) is -0.138. The average Bonchev–Trinajstić information content (AvgIpc) is 3.29. The monoisotopic (exact) mass is 538 g/mol. The van der Waals surface area contributed by atoms with Crippen LogP contribution in [0.1, 0.15) is 10.4 Å². The van der Waals surface area contributed by atoms with Crippen LogP contribution in [0.2, 0.25) is 0 Å². The van der Waals surface area contributed by atoms with Gasteiger partial charge in [-0.15, -0.1) is 12.4 Å². The Hall–Kier alpha value is -3.71. The number of piperazine rings is 1. The highest BCUT2D eigenvalue weighted by Crippen LogP contribution is 2.38. The van der Waals surface area contributed by atoms with Crippen molar-refractivity contribution in [3.63, 3.8) is 0 Å². The van der Waals surface area contributed by atoms with Gasteiger partial charge in [0.15, 0.2) is 22.7 Å². The van der Waals surface area contributed by atoms with Gasteiger partial charge in [-0.1, -0.05) is 0 Å². The number of nitrogens with one attached hydrogen (secondary N) is 1. The summed E-state index contributed by atoms with van der Waals surface area (Å²) in [6, 6.07) is 3.02. The van der Waals surface area contributed by atoms with E-state index in [0.717, 1.165) is 17.7 Å². The summed E-state index contributed by atoms with van der Waals surface area (Å²) < 4.78 is 25.6. The summed E-state index contributed by atoms with van der Waals surface area (Å²) in [5.74, 6) is 0.976. The molecule has 13 nitrogen and oxygen atoms in total. The molecule has 1 fully saturated rings. The van der Waals surface area contributed by atoms with Crippen LogP contribution < -0.4 is 35.7 Å². The Morgan fingerprint density at radius 3 is 2.19 bits per heavy atom. The van der Waals surface area contributed by atoms with E-state index in [9.17, 15) is 14.4 Å². The van der Waals surface area contributed by atoms with Crippen molar-refractivity contribution in [1.82, 2.24) is 24.0 Å². The van der Waals surface area contributed by atoms with E-state index in [1.165, 1.54) is 45.1 Å². The first-order valence-corrected chi connectivity index (χ1v) is 11.4. The van der Waals surface area contributed by atoms with Crippen molar-refractivity contribution < 1.29 is 23.7 Å². The van der Waals surface area contributed by atoms with Crippen LogP contribution in [0.3, 0.4) is 0 Å². The van der Waals surface area contributed by atoms with Crippen LogP contribution in [0.15, 0.2) is 21.7 Å². The number of aromatic nitrogens is 4. The highest BCUT2D eigenvalue weighted by Gasteiger charge is 2.24. The van der Waals surface area contributed by atoms with Crippen LogP contribution in [0.4, 0.5) is 5.95 Å². The standard InChI is InChI=1S/C23H30N6O7.ClH/c1-26-19-17(20(30)27(2)23(26)32)29(22(25-19)28-8-6-24-7-9-28)10-11-36-21(31)14-12-15(33-3)18(35-5)16(13-14)34-4;/h12-13,24H,6-11H2,1-5H3;1H. The van der Waals surface area contributed by atoms with Crippen molar-refractivity contribution in [3.05, 3.63) is 38.5 Å². The van der Waals surface area contributed by atoms with E-state index < -0.39 is 17.2 Å². The average molecular weight is 539 g/mol. The van der Waals surface area contributed by atoms with Crippen LogP contribution in [0.5, 0.6) is 17.2 Å². The van der Waals surface area contributed by atoms with E-state index in [4.69, 9.17) is 18.9 Å². The Labute approximate surface area is 218 Å². The molecule has 3 aromatic rings. The van der Waals surface area contributed by atoms with Crippen molar-refractivity contribution in [3.8, 4) is 17.2 Å². The van der Waals surface area contributed by atoms with Crippen molar-refractivity contribution in [2.75, 3.05) is 59.0 Å². The van der Waals surface area contributed by atoms with E-state index in [1.807, 2.05) is 4.90 Å². The lowest BCUT2D eigenvalue weighted by molar-refractivity contribution is 0.0491. The summed E-state index contributed by atoms with van der Waals surface area (Å²) in [4.78, 5) is 45.0. The number of carbonyl (C=O) groups is 1. The summed E-state index contributed by atoms with van der Waals surface area (Å²) in [6.07, 6.45) is 0. The van der Waals surface area contributed by atoms with Crippen molar-refractivity contribution in [1.29, 1.82) is 0 Å². The Morgan fingerprint density at radius 2 is 1.62 bits per heavy atom. The number of benzene rings is 1. The molecule has 0 radical (unpaired) electrons. The molecule has 14 heteroatoms. The molecule has 0 atom stereocenters. The minimum Gasteiger partial charge on any atom is -0.493 e. The number of hydrogen-bond acceptors (Lipinski definition) is 10. The summed E-state index contributed by atoms with van der Waals surface area (Å²) in [5, 5.41) is 3.28. The second kappa shape index (κ2) is 11.6. The molecular formula is C23H31ClN6O7. The van der Waals surface area contributed by atoms with Crippen molar-refractivity contribution in [2.45, 2.75) is 6.54 Å². The molecule has 1 aliphatic heterocycles. The summed E-state index contributed by atoms with van der Waals surface area (Å²) in [7, 11) is 7.40. The minimum absolute atomic E-state index is 0. The fraction of sp³-hybridized carbons (Fsp3) is 0.478. The maximum atomic E-state index is 13.0. The molecule has 0 bridgehead atoms. The Morgan fingerprint density at radius 1 is 1.00 bits per heavy atom. The van der Waals surface area contributed by atoms with Gasteiger partial charge in [-0.05, 0) is 12.1 Å². The smallest absolute Gasteiger partial charge is 0.338 e. The van der Waals surface area contributed by atoms with Gasteiger partial charge >= 0.3 is 11.7 Å². The molecular weight excluding hydrogens is 508 g/mol. The summed E-state index contributed by atoms with van der Waals surface area (Å²) >= 11 is 0. The molecule has 37 heavy (non-hydrogen) atoms. The zero-order chi connectivity index (χ0) is 26.0. The number of aryl methyl sites for hydroxylation is 1. The van der Waals surface area contributed by atoms with Crippen LogP contribution in [-0.4, -0.2) is 78.8 Å². The maximum Gasteiger partial charge on any atom is 0.338 e. The van der Waals surface area contributed by atoms with Crippen molar-refractivity contribution in [2.24, 2.45) is 14.1 Å². The number of carbonyl (C=O) groups excluding carboxylic acids is 1. The Bertz CT molecular complexity index is 1380. The number of halogens is 1. The van der Waals surface area contributed by atoms with E-state index in [0.29, 0.717) is 36.3 Å². The minimum atomic E-state index is -0.595. The third-order valence-corrected chi connectivity index (χ3v) is 6.18. The van der Waals surface area contributed by atoms with Gasteiger partial charge in [-0.2, -0.15) is 4.98 Å². The van der Waals surface area contributed by atoms with Gasteiger partial charge in [0.05, 0.1) is 33.4 Å². The van der Waals surface area contributed by atoms with E-state index in [2.05, 4.69) is 10.3 Å². The Balaban J connectivity index is 0.00000380. The normalized spacial score (nSPS) is 13.3. The molecule has 202 valence electrons. The lowest BCUT2D eigenvalue weighted by Gasteiger charge is -2.28. The van der Waals surface area contributed by atoms with E-state index >= 15 is 0 Å². The highest BCUT2D eigenvalue weighted by molar-refractivity contribution is 5.91. The molecule has 1 aliphatic rings. The van der Waals surface area contributed by atoms with Gasteiger partial charge in [-0.3, -0.25) is 13.9 Å². The molecule has 0 spiro atoms. The second-order valence-corrected chi connectivity index (χ2v) is 8.23. The fourth-order valence-corrected chi connectivity index (χ4v) is 4.26. The van der Waals surface area contributed by atoms with Crippen LogP contribution in [0, 0.1) is 0 Å². The SMILES string of the molecule is COc1cc(C(=O)OCCn2c(N3CCNCC3)nc3c2c(=O)n(C)c(=O)n3C)cc(OC)c1OC.Cl.